The summed E-state index contributed by atoms with van der Waals surface area (Å²) in [4.78, 5) is 58.7. The molecular formula is C41H31F6N3O5. The van der Waals surface area contributed by atoms with E-state index >= 15 is 4.79 Å². The summed E-state index contributed by atoms with van der Waals surface area (Å²) in [5, 5.41) is 11.7. The van der Waals surface area contributed by atoms with E-state index in [9.17, 15) is 45.8 Å². The summed E-state index contributed by atoms with van der Waals surface area (Å²) < 4.78 is 83.2. The number of carbonyl (C=O) groups is 4. The van der Waals surface area contributed by atoms with Gasteiger partial charge in [0.2, 0.25) is 11.8 Å². The quantitative estimate of drug-likeness (QED) is 0.122. The molecule has 3 fully saturated rings. The Morgan fingerprint density at radius 1 is 0.745 bits per heavy atom. The molecule has 8 nitrogen and oxygen atoms in total. The molecule has 4 aliphatic rings. The van der Waals surface area contributed by atoms with Gasteiger partial charge in [-0.05, 0) is 79.3 Å². The Labute approximate surface area is 310 Å². The summed E-state index contributed by atoms with van der Waals surface area (Å²) in [7, 11) is 0. The van der Waals surface area contributed by atoms with Gasteiger partial charge in [0.05, 0.1) is 45.7 Å². The molecule has 6 atom stereocenters. The molecule has 2 aliphatic carbocycles. The monoisotopic (exact) mass is 759 g/mol. The molecule has 282 valence electrons. The zero-order valence-corrected chi connectivity index (χ0v) is 28.9. The van der Waals surface area contributed by atoms with E-state index in [2.05, 4.69) is 5.43 Å². The minimum Gasteiger partial charge on any atom is -0.508 e. The molecule has 1 saturated carbocycles. The van der Waals surface area contributed by atoms with Crippen LogP contribution in [-0.4, -0.2) is 33.7 Å². The largest absolute Gasteiger partial charge is 0.508 e. The molecule has 4 aromatic rings. The lowest BCUT2D eigenvalue weighted by molar-refractivity contribution is -0.143. The summed E-state index contributed by atoms with van der Waals surface area (Å²) in [6, 6.07) is 22.3. The van der Waals surface area contributed by atoms with E-state index in [4.69, 9.17) is 0 Å². The molecule has 55 heavy (non-hydrogen) atoms. The molecule has 0 spiro atoms. The number of phenols is 1. The molecule has 4 amide bonds. The predicted molar refractivity (Wildman–Crippen MR) is 186 cm³/mol. The Morgan fingerprint density at radius 2 is 1.40 bits per heavy atom. The molecule has 8 rings (SSSR count). The van der Waals surface area contributed by atoms with Crippen molar-refractivity contribution in [3.05, 3.63) is 137 Å². The number of anilines is 2. The van der Waals surface area contributed by atoms with Gasteiger partial charge in [-0.1, -0.05) is 71.8 Å². The van der Waals surface area contributed by atoms with Crippen LogP contribution in [-0.2, 0) is 36.9 Å². The second kappa shape index (κ2) is 12.6. The third-order valence-electron chi connectivity index (χ3n) is 11.4. The van der Waals surface area contributed by atoms with Crippen molar-refractivity contribution in [1.29, 1.82) is 0 Å². The summed E-state index contributed by atoms with van der Waals surface area (Å²) >= 11 is 0. The number of carbonyl (C=O) groups excluding carboxylic acids is 4. The van der Waals surface area contributed by atoms with Crippen molar-refractivity contribution < 1.29 is 50.6 Å². The first-order valence-electron chi connectivity index (χ1n) is 17.4. The predicted octanol–water partition coefficient (Wildman–Crippen LogP) is 7.93. The van der Waals surface area contributed by atoms with Gasteiger partial charge in [0, 0.05) is 5.92 Å². The molecular weight excluding hydrogens is 728 g/mol. The van der Waals surface area contributed by atoms with Crippen LogP contribution in [0, 0.1) is 30.6 Å². The highest BCUT2D eigenvalue weighted by molar-refractivity contribution is 6.22. The zero-order chi connectivity index (χ0) is 39.2. The van der Waals surface area contributed by atoms with E-state index in [1.165, 1.54) is 12.1 Å². The molecule has 4 aromatic carbocycles. The van der Waals surface area contributed by atoms with Crippen LogP contribution in [0.1, 0.15) is 46.6 Å². The number of hydrogen-bond acceptors (Lipinski definition) is 6. The number of nitrogens with one attached hydrogen (secondary N) is 1. The Morgan fingerprint density at radius 3 is 2.02 bits per heavy atom. The molecule has 0 unspecified atom stereocenters. The van der Waals surface area contributed by atoms with E-state index < -0.39 is 87.8 Å². The third-order valence-corrected chi connectivity index (χ3v) is 11.4. The lowest BCUT2D eigenvalue weighted by Crippen LogP contribution is -2.53. The number of alkyl halides is 6. The maximum Gasteiger partial charge on any atom is 0.416 e. The van der Waals surface area contributed by atoms with E-state index in [0.29, 0.717) is 39.4 Å². The molecule has 2 heterocycles. The first kappa shape index (κ1) is 36.1. The average Bonchev–Trinajstić information content (AvgIpc) is 3.52. The number of benzene rings is 4. The van der Waals surface area contributed by atoms with Gasteiger partial charge in [-0.2, -0.15) is 31.4 Å². The van der Waals surface area contributed by atoms with E-state index in [-0.39, 0.29) is 24.7 Å². The number of phenolic OH excluding ortho intramolecular Hbond substituents is 1. The molecule has 2 N–H and O–H groups in total. The number of nitrogens with zero attached hydrogens (tertiary/aromatic N) is 2. The highest BCUT2D eigenvalue weighted by Gasteiger charge is 2.70. The first-order chi connectivity index (χ1) is 26.0. The number of halogens is 6. The molecule has 0 bridgehead atoms. The van der Waals surface area contributed by atoms with Crippen molar-refractivity contribution in [3.8, 4) is 5.75 Å². The van der Waals surface area contributed by atoms with Gasteiger partial charge in [-0.15, -0.1) is 0 Å². The van der Waals surface area contributed by atoms with Crippen LogP contribution in [0.3, 0.4) is 0 Å². The Balaban J connectivity index is 1.29. The normalized spacial score (nSPS) is 26.5. The number of aryl methyl sites for hydroxylation is 1. The standard InChI is InChI=1S/C41H31F6N3O5/c1-21-10-12-26(13-11-21)48-50-36(53)32-20-31-29(34(22-6-5-9-28(51)16-22)39(32,38(50)55)23-7-3-2-4-8-23)14-15-30-33(31)37(54)49(35(30)52)27-18-24(40(42,43)44)17-25(19-27)41(45,46)47/h2-14,16-19,30-34,48,51H,15,20H2,1H3/t30-,31+,32-,33-,34-,39+/m0/s1. The number of fused-ring (bicyclic) bond motifs is 4. The van der Waals surface area contributed by atoms with Gasteiger partial charge in [0.25, 0.3) is 11.8 Å². The third kappa shape index (κ3) is 5.60. The summed E-state index contributed by atoms with van der Waals surface area (Å²) in [6.45, 7) is 1.87. The van der Waals surface area contributed by atoms with Crippen molar-refractivity contribution >= 4 is 35.0 Å². The van der Waals surface area contributed by atoms with Crippen LogP contribution >= 0.6 is 0 Å². The fourth-order valence-corrected chi connectivity index (χ4v) is 9.15. The zero-order valence-electron chi connectivity index (χ0n) is 28.9. The van der Waals surface area contributed by atoms with Gasteiger partial charge >= 0.3 is 12.4 Å². The topological polar surface area (TPSA) is 107 Å². The lowest BCUT2D eigenvalue weighted by atomic mass is 9.49. The van der Waals surface area contributed by atoms with Crippen molar-refractivity contribution in [1.82, 2.24) is 5.01 Å². The highest BCUT2D eigenvalue weighted by Crippen LogP contribution is 2.64. The van der Waals surface area contributed by atoms with Crippen molar-refractivity contribution in [2.45, 2.75) is 43.5 Å². The number of rotatable bonds is 5. The second-order valence-corrected chi connectivity index (χ2v) is 14.5. The number of amides is 4. The van der Waals surface area contributed by atoms with Gasteiger partial charge in [-0.25, -0.2) is 4.90 Å². The van der Waals surface area contributed by atoms with E-state index in [1.807, 2.05) is 6.92 Å². The summed E-state index contributed by atoms with van der Waals surface area (Å²) in [6.07, 6.45) is -9.04. The smallest absolute Gasteiger partial charge is 0.416 e. The van der Waals surface area contributed by atoms with Gasteiger partial charge in [0.1, 0.15) is 5.75 Å². The van der Waals surface area contributed by atoms with E-state index in [1.54, 1.807) is 72.8 Å². The lowest BCUT2D eigenvalue weighted by Gasteiger charge is -2.50. The maximum atomic E-state index is 15.1. The van der Waals surface area contributed by atoms with Crippen LogP contribution < -0.4 is 10.3 Å². The second-order valence-electron chi connectivity index (χ2n) is 14.5. The molecule has 14 heteroatoms. The minimum absolute atomic E-state index is 0.0788. The van der Waals surface area contributed by atoms with Crippen LogP contribution in [0.5, 0.6) is 5.75 Å². The molecule has 0 aromatic heterocycles. The fraction of sp³-hybridized carbons (Fsp3) is 0.268. The van der Waals surface area contributed by atoms with Gasteiger partial charge < -0.3 is 5.11 Å². The van der Waals surface area contributed by atoms with Crippen molar-refractivity contribution in [2.24, 2.45) is 23.7 Å². The van der Waals surface area contributed by atoms with Gasteiger partial charge in [0.15, 0.2) is 0 Å². The average molecular weight is 760 g/mol. The Hall–Kier alpha value is -5.92. The Kier molecular flexibility index (Phi) is 8.24. The maximum absolute atomic E-state index is 15.1. The molecule has 0 radical (unpaired) electrons. The molecule has 2 aliphatic heterocycles. The fourth-order valence-electron chi connectivity index (χ4n) is 9.15. The molecule has 2 saturated heterocycles. The van der Waals surface area contributed by atoms with E-state index in [0.717, 1.165) is 10.6 Å². The SMILES string of the molecule is Cc1ccc(NN2C(=O)[C@@H]3C[C@@H]4C(=CC[C@@H]5C(=O)N(c6cc(C(F)(F)F)cc(C(F)(F)F)c6)C(=O)[C@@H]54)[C@H](c4cccc(O)c4)[C@]3(c3ccccc3)C2=O)cc1. The number of aromatic hydroxyl groups is 1. The van der Waals surface area contributed by atoms with Crippen molar-refractivity contribution in [2.75, 3.05) is 10.3 Å². The number of hydrogen-bond donors (Lipinski definition) is 2. The Bertz CT molecular complexity index is 2260. The van der Waals surface area contributed by atoms with Gasteiger partial charge in [-0.3, -0.25) is 24.6 Å². The number of allylic oxidation sites excluding steroid dienone is 2. The number of imide groups is 2. The number of hydrazine groups is 1. The highest BCUT2D eigenvalue weighted by atomic mass is 19.4. The summed E-state index contributed by atoms with van der Waals surface area (Å²) in [5.74, 6) is -8.95. The van der Waals surface area contributed by atoms with Crippen LogP contribution in [0.25, 0.3) is 0 Å². The minimum atomic E-state index is -5.23. The van der Waals surface area contributed by atoms with Crippen molar-refractivity contribution in [3.63, 3.8) is 0 Å². The van der Waals surface area contributed by atoms with Crippen LogP contribution in [0.4, 0.5) is 37.7 Å². The summed E-state index contributed by atoms with van der Waals surface area (Å²) in [5.41, 5.74) is -0.168. The first-order valence-corrected chi connectivity index (χ1v) is 17.4. The van der Waals surface area contributed by atoms with Crippen LogP contribution in [0.2, 0.25) is 0 Å². The van der Waals surface area contributed by atoms with Crippen LogP contribution in [0.15, 0.2) is 109 Å².